The van der Waals surface area contributed by atoms with Gasteiger partial charge in [0.05, 0.1) is 0 Å². The van der Waals surface area contributed by atoms with Crippen LogP contribution >= 0.6 is 0 Å². The minimum atomic E-state index is 0.566. The number of para-hydroxylation sites is 1. The van der Waals surface area contributed by atoms with Crippen molar-refractivity contribution in [3.63, 3.8) is 0 Å². The van der Waals surface area contributed by atoms with Gasteiger partial charge in [0.2, 0.25) is 0 Å². The molecule has 1 aliphatic heterocycles. The van der Waals surface area contributed by atoms with Crippen LogP contribution in [0.4, 0.5) is 5.69 Å². The largest absolute Gasteiger partial charge is 0.371 e. The molecular formula is C24H21N. The number of anilines is 1. The van der Waals surface area contributed by atoms with E-state index >= 15 is 0 Å². The highest BCUT2D eigenvalue weighted by Crippen LogP contribution is 2.60. The van der Waals surface area contributed by atoms with E-state index in [9.17, 15) is 0 Å². The Morgan fingerprint density at radius 1 is 0.520 bits per heavy atom. The Hall–Kier alpha value is -2.54. The fourth-order valence-electron chi connectivity index (χ4n) is 5.82. The van der Waals surface area contributed by atoms with Crippen LogP contribution < -0.4 is 4.90 Å². The van der Waals surface area contributed by atoms with Crippen molar-refractivity contribution in [1.29, 1.82) is 0 Å². The Labute approximate surface area is 148 Å². The van der Waals surface area contributed by atoms with Crippen molar-refractivity contribution in [3.8, 4) is 0 Å². The van der Waals surface area contributed by atoms with Crippen LogP contribution in [0.5, 0.6) is 0 Å². The number of benzene rings is 3. The monoisotopic (exact) mass is 323 g/mol. The third-order valence-electron chi connectivity index (χ3n) is 6.72. The van der Waals surface area contributed by atoms with Crippen molar-refractivity contribution in [2.45, 2.75) is 11.8 Å². The quantitative estimate of drug-likeness (QED) is 0.607. The van der Waals surface area contributed by atoms with Gasteiger partial charge in [0.1, 0.15) is 0 Å². The molecule has 2 bridgehead atoms. The fourth-order valence-corrected chi connectivity index (χ4v) is 5.82. The summed E-state index contributed by atoms with van der Waals surface area (Å²) in [6.07, 6.45) is 0. The molecule has 2 atom stereocenters. The summed E-state index contributed by atoms with van der Waals surface area (Å²) >= 11 is 0. The third-order valence-corrected chi connectivity index (χ3v) is 6.72. The zero-order chi connectivity index (χ0) is 16.4. The van der Waals surface area contributed by atoms with E-state index in [1.54, 1.807) is 22.3 Å². The van der Waals surface area contributed by atoms with Gasteiger partial charge in [-0.25, -0.2) is 0 Å². The van der Waals surface area contributed by atoms with Crippen LogP contribution in [0, 0.1) is 11.8 Å². The van der Waals surface area contributed by atoms with Crippen LogP contribution in [0.25, 0.3) is 0 Å². The maximum Gasteiger partial charge on any atom is 0.0366 e. The number of rotatable bonds is 1. The summed E-state index contributed by atoms with van der Waals surface area (Å²) in [5, 5.41) is 0. The second-order valence-corrected chi connectivity index (χ2v) is 7.78. The average molecular weight is 323 g/mol. The third kappa shape index (κ3) is 1.79. The molecule has 1 heterocycles. The molecule has 0 N–H and O–H groups in total. The standard InChI is InChI=1S/C24H21N/c1-2-8-16(9-3-1)25-14-21-22(15-25)24-18-11-5-4-10-17(18)23(21)19-12-6-7-13-20(19)24/h1-13,21-24H,14-15H2/t21-,22-,23?,24?/m1/s1. The average Bonchev–Trinajstić information content (AvgIpc) is 3.14. The van der Waals surface area contributed by atoms with Crippen molar-refractivity contribution < 1.29 is 0 Å². The van der Waals surface area contributed by atoms with E-state index in [4.69, 9.17) is 0 Å². The zero-order valence-electron chi connectivity index (χ0n) is 14.2. The molecule has 1 fully saturated rings. The maximum atomic E-state index is 2.62. The molecule has 0 saturated carbocycles. The van der Waals surface area contributed by atoms with E-state index in [1.165, 1.54) is 18.8 Å². The summed E-state index contributed by atoms with van der Waals surface area (Å²) in [7, 11) is 0. The topological polar surface area (TPSA) is 3.24 Å². The molecule has 0 unspecified atom stereocenters. The Morgan fingerprint density at radius 2 is 0.920 bits per heavy atom. The molecule has 4 aliphatic rings. The van der Waals surface area contributed by atoms with Gasteiger partial charge < -0.3 is 4.90 Å². The Balaban J connectivity index is 1.51. The molecule has 3 aromatic rings. The molecule has 3 aliphatic carbocycles. The lowest BCUT2D eigenvalue weighted by Gasteiger charge is -2.47. The smallest absolute Gasteiger partial charge is 0.0366 e. The molecule has 122 valence electrons. The van der Waals surface area contributed by atoms with Crippen LogP contribution in [0.3, 0.4) is 0 Å². The van der Waals surface area contributed by atoms with Crippen molar-refractivity contribution in [2.75, 3.05) is 18.0 Å². The van der Waals surface area contributed by atoms with Gasteiger partial charge in [0, 0.05) is 30.6 Å². The minimum absolute atomic E-state index is 0.566. The summed E-state index contributed by atoms with van der Waals surface area (Å²) in [5.74, 6) is 2.59. The molecule has 1 nitrogen and oxygen atoms in total. The molecule has 1 heteroatoms. The van der Waals surface area contributed by atoms with E-state index < -0.39 is 0 Å². The summed E-state index contributed by atoms with van der Waals surface area (Å²) in [4.78, 5) is 2.62. The van der Waals surface area contributed by atoms with Crippen LogP contribution in [0.1, 0.15) is 34.1 Å². The summed E-state index contributed by atoms with van der Waals surface area (Å²) < 4.78 is 0. The lowest BCUT2D eigenvalue weighted by molar-refractivity contribution is 0.294. The Kier molecular flexibility index (Phi) is 2.73. The molecule has 0 radical (unpaired) electrons. The fraction of sp³-hybridized carbons (Fsp3) is 0.250. The molecule has 25 heavy (non-hydrogen) atoms. The molecule has 3 aromatic carbocycles. The molecule has 1 saturated heterocycles. The molecule has 7 rings (SSSR count). The normalized spacial score (nSPS) is 28.4. The van der Waals surface area contributed by atoms with Crippen LogP contribution in [-0.2, 0) is 0 Å². The number of nitrogens with zero attached hydrogens (tertiary/aromatic N) is 1. The lowest BCUT2D eigenvalue weighted by atomic mass is 9.55. The first-order valence-corrected chi connectivity index (χ1v) is 9.39. The predicted octanol–water partition coefficient (Wildman–Crippen LogP) is 5.03. The van der Waals surface area contributed by atoms with Gasteiger partial charge in [-0.2, -0.15) is 0 Å². The lowest BCUT2D eigenvalue weighted by Crippen LogP contribution is -2.39. The van der Waals surface area contributed by atoms with E-state index in [2.05, 4.69) is 83.8 Å². The van der Waals surface area contributed by atoms with Gasteiger partial charge in [-0.05, 0) is 46.2 Å². The van der Waals surface area contributed by atoms with Crippen molar-refractivity contribution in [2.24, 2.45) is 11.8 Å². The van der Waals surface area contributed by atoms with Crippen LogP contribution in [0.15, 0.2) is 78.9 Å². The Bertz CT molecular complexity index is 840. The van der Waals surface area contributed by atoms with E-state index in [0.717, 1.165) is 11.8 Å². The number of hydrogen-bond donors (Lipinski definition) is 0. The van der Waals surface area contributed by atoms with Crippen molar-refractivity contribution in [1.82, 2.24) is 0 Å². The van der Waals surface area contributed by atoms with E-state index in [-0.39, 0.29) is 0 Å². The summed E-state index contributed by atoms with van der Waals surface area (Å²) in [6.45, 7) is 2.36. The minimum Gasteiger partial charge on any atom is -0.371 e. The van der Waals surface area contributed by atoms with Gasteiger partial charge in [0.25, 0.3) is 0 Å². The highest BCUT2D eigenvalue weighted by Gasteiger charge is 2.52. The van der Waals surface area contributed by atoms with E-state index in [0.29, 0.717) is 11.8 Å². The maximum absolute atomic E-state index is 2.62. The second kappa shape index (κ2) is 4.98. The van der Waals surface area contributed by atoms with Gasteiger partial charge >= 0.3 is 0 Å². The summed E-state index contributed by atoms with van der Waals surface area (Å²) in [5.41, 5.74) is 7.72. The molecule has 0 aromatic heterocycles. The van der Waals surface area contributed by atoms with Gasteiger partial charge in [-0.1, -0.05) is 66.7 Å². The zero-order valence-corrected chi connectivity index (χ0v) is 14.2. The molecule has 0 spiro atoms. The summed E-state index contributed by atoms with van der Waals surface area (Å²) in [6, 6.07) is 29.4. The van der Waals surface area contributed by atoms with Crippen LogP contribution in [0.2, 0.25) is 0 Å². The van der Waals surface area contributed by atoms with Crippen molar-refractivity contribution in [3.05, 3.63) is 101 Å². The van der Waals surface area contributed by atoms with Crippen molar-refractivity contribution >= 4 is 5.69 Å². The first-order valence-electron chi connectivity index (χ1n) is 9.39. The van der Waals surface area contributed by atoms with E-state index in [1.807, 2.05) is 0 Å². The first-order chi connectivity index (χ1) is 12.4. The highest BCUT2D eigenvalue weighted by atomic mass is 15.2. The van der Waals surface area contributed by atoms with Crippen LogP contribution in [-0.4, -0.2) is 13.1 Å². The van der Waals surface area contributed by atoms with Gasteiger partial charge in [-0.3, -0.25) is 0 Å². The Morgan fingerprint density at radius 3 is 1.36 bits per heavy atom. The predicted molar refractivity (Wildman–Crippen MR) is 102 cm³/mol. The molecule has 0 amide bonds. The number of hydrogen-bond acceptors (Lipinski definition) is 1. The second-order valence-electron chi connectivity index (χ2n) is 7.78. The highest BCUT2D eigenvalue weighted by molar-refractivity contribution is 5.59. The first kappa shape index (κ1) is 13.7. The molecular weight excluding hydrogens is 302 g/mol. The van der Waals surface area contributed by atoms with Gasteiger partial charge in [0.15, 0.2) is 0 Å². The SMILES string of the molecule is c1ccc(N2C[C@H]3C4c5ccccc5C(c5ccccc54)[C@@H]3C2)cc1. The van der Waals surface area contributed by atoms with Gasteiger partial charge in [-0.15, -0.1) is 0 Å².